The molecule has 5 atom stereocenters. The summed E-state index contributed by atoms with van der Waals surface area (Å²) in [5.41, 5.74) is 5.95. The summed E-state index contributed by atoms with van der Waals surface area (Å²) >= 11 is 0. The van der Waals surface area contributed by atoms with Crippen molar-refractivity contribution in [3.8, 4) is 0 Å². The van der Waals surface area contributed by atoms with E-state index in [-0.39, 0.29) is 17.9 Å². The second kappa shape index (κ2) is 6.39. The van der Waals surface area contributed by atoms with Crippen molar-refractivity contribution in [3.05, 3.63) is 0 Å². The van der Waals surface area contributed by atoms with Gasteiger partial charge in [0, 0.05) is 6.04 Å². The van der Waals surface area contributed by atoms with Crippen molar-refractivity contribution < 1.29 is 4.79 Å². The number of carbonyl (C=O) groups excluding carboxylic acids is 1. The van der Waals surface area contributed by atoms with Gasteiger partial charge in [-0.3, -0.25) is 4.79 Å². The normalized spacial score (nSPS) is 32.2. The molecule has 1 saturated carbocycles. The van der Waals surface area contributed by atoms with Crippen molar-refractivity contribution in [1.29, 1.82) is 0 Å². The van der Waals surface area contributed by atoms with E-state index in [9.17, 15) is 4.79 Å². The number of hydrogen-bond donors (Lipinski definition) is 2. The van der Waals surface area contributed by atoms with Crippen LogP contribution in [0.1, 0.15) is 53.4 Å². The summed E-state index contributed by atoms with van der Waals surface area (Å²) in [6.45, 7) is 8.59. The van der Waals surface area contributed by atoms with Gasteiger partial charge in [0.1, 0.15) is 0 Å². The third-order valence-corrected chi connectivity index (χ3v) is 4.64. The maximum Gasteiger partial charge on any atom is 0.237 e. The summed E-state index contributed by atoms with van der Waals surface area (Å²) < 4.78 is 0. The molecule has 1 fully saturated rings. The molecule has 0 aromatic heterocycles. The predicted octanol–water partition coefficient (Wildman–Crippen LogP) is 2.30. The summed E-state index contributed by atoms with van der Waals surface area (Å²) in [6.07, 6.45) is 4.51. The minimum absolute atomic E-state index is 0.0351. The van der Waals surface area contributed by atoms with Gasteiger partial charge in [-0.2, -0.15) is 0 Å². The lowest BCUT2D eigenvalue weighted by Crippen LogP contribution is -2.49. The molecule has 0 saturated heterocycles. The van der Waals surface area contributed by atoms with Crippen molar-refractivity contribution in [3.63, 3.8) is 0 Å². The molecule has 1 amide bonds. The molecule has 0 bridgehead atoms. The van der Waals surface area contributed by atoms with Gasteiger partial charge in [-0.05, 0) is 30.6 Å². The molecule has 100 valence electrons. The molecule has 3 nitrogen and oxygen atoms in total. The molecule has 0 spiro atoms. The maximum atomic E-state index is 12.0. The topological polar surface area (TPSA) is 55.1 Å². The first-order valence-corrected chi connectivity index (χ1v) is 7.07. The molecule has 3 N–H and O–H groups in total. The van der Waals surface area contributed by atoms with Gasteiger partial charge in [0.2, 0.25) is 5.91 Å². The Morgan fingerprint density at radius 1 is 1.41 bits per heavy atom. The highest BCUT2D eigenvalue weighted by Crippen LogP contribution is 2.33. The van der Waals surface area contributed by atoms with Gasteiger partial charge >= 0.3 is 0 Å². The summed E-state index contributed by atoms with van der Waals surface area (Å²) in [5, 5.41) is 3.14. The second-order valence-corrected chi connectivity index (χ2v) is 5.63. The summed E-state index contributed by atoms with van der Waals surface area (Å²) in [7, 11) is 0. The van der Waals surface area contributed by atoms with Crippen LogP contribution in [0.3, 0.4) is 0 Å². The zero-order valence-corrected chi connectivity index (χ0v) is 11.7. The van der Waals surface area contributed by atoms with E-state index in [1.54, 1.807) is 0 Å². The van der Waals surface area contributed by atoms with Crippen LogP contribution in [0.2, 0.25) is 0 Å². The second-order valence-electron chi connectivity index (χ2n) is 5.63. The first kappa shape index (κ1) is 14.5. The average molecular weight is 240 g/mol. The van der Waals surface area contributed by atoms with Gasteiger partial charge in [-0.25, -0.2) is 0 Å². The van der Waals surface area contributed by atoms with Crippen LogP contribution in [0.4, 0.5) is 0 Å². The standard InChI is InChI=1S/C14H28N2O/c1-5-9(3)13(15)14(17)16-12-8-7-11(6-2)10(12)4/h9-13H,5-8,15H2,1-4H3,(H,16,17)/t9?,10?,11?,12?,13-/m0/s1. The fourth-order valence-corrected chi connectivity index (χ4v) is 2.82. The van der Waals surface area contributed by atoms with Gasteiger partial charge < -0.3 is 11.1 Å². The highest BCUT2D eigenvalue weighted by atomic mass is 16.2. The van der Waals surface area contributed by atoms with E-state index in [1.807, 2.05) is 6.92 Å². The third-order valence-electron chi connectivity index (χ3n) is 4.64. The van der Waals surface area contributed by atoms with Crippen LogP contribution in [-0.4, -0.2) is 18.0 Å². The molecule has 0 aromatic rings. The van der Waals surface area contributed by atoms with Gasteiger partial charge in [0.15, 0.2) is 0 Å². The molecule has 17 heavy (non-hydrogen) atoms. The molecule has 3 heteroatoms. The zero-order valence-electron chi connectivity index (χ0n) is 11.7. The molecule has 4 unspecified atom stereocenters. The summed E-state index contributed by atoms with van der Waals surface area (Å²) in [4.78, 5) is 12.0. The molecular weight excluding hydrogens is 212 g/mol. The van der Waals surface area contributed by atoms with Crippen LogP contribution in [0.15, 0.2) is 0 Å². The van der Waals surface area contributed by atoms with Gasteiger partial charge in [-0.1, -0.05) is 40.5 Å². The number of nitrogens with one attached hydrogen (secondary N) is 1. The number of carbonyl (C=O) groups is 1. The Balaban J connectivity index is 2.47. The molecule has 0 aromatic carbocycles. The van der Waals surface area contributed by atoms with Crippen molar-refractivity contribution in [2.75, 3.05) is 0 Å². The predicted molar refractivity (Wildman–Crippen MR) is 71.5 cm³/mol. The lowest BCUT2D eigenvalue weighted by Gasteiger charge is -2.24. The Morgan fingerprint density at radius 2 is 2.06 bits per heavy atom. The van der Waals surface area contributed by atoms with Gasteiger partial charge in [0.05, 0.1) is 6.04 Å². The largest absolute Gasteiger partial charge is 0.352 e. The van der Waals surface area contributed by atoms with Gasteiger partial charge in [0.25, 0.3) is 0 Å². The molecule has 1 aliphatic rings. The van der Waals surface area contributed by atoms with E-state index in [1.165, 1.54) is 12.8 Å². The average Bonchev–Trinajstić information content (AvgIpc) is 2.68. The quantitative estimate of drug-likeness (QED) is 0.774. The first-order chi connectivity index (χ1) is 8.01. The molecule has 0 radical (unpaired) electrons. The maximum absolute atomic E-state index is 12.0. The first-order valence-electron chi connectivity index (χ1n) is 7.07. The highest BCUT2D eigenvalue weighted by Gasteiger charge is 2.33. The lowest BCUT2D eigenvalue weighted by atomic mass is 9.93. The Kier molecular flexibility index (Phi) is 5.44. The number of nitrogens with two attached hydrogens (primary N) is 1. The van der Waals surface area contributed by atoms with E-state index < -0.39 is 0 Å². The van der Waals surface area contributed by atoms with Crippen LogP contribution in [-0.2, 0) is 4.79 Å². The highest BCUT2D eigenvalue weighted by molar-refractivity contribution is 5.82. The fourth-order valence-electron chi connectivity index (χ4n) is 2.82. The Labute approximate surface area is 106 Å². The minimum Gasteiger partial charge on any atom is -0.352 e. The summed E-state index contributed by atoms with van der Waals surface area (Å²) in [6, 6.07) is -0.0181. The zero-order chi connectivity index (χ0) is 13.0. The number of hydrogen-bond acceptors (Lipinski definition) is 2. The van der Waals surface area contributed by atoms with E-state index in [4.69, 9.17) is 5.73 Å². The third kappa shape index (κ3) is 3.44. The Morgan fingerprint density at radius 3 is 2.53 bits per heavy atom. The van der Waals surface area contributed by atoms with Crippen LogP contribution < -0.4 is 11.1 Å². The fraction of sp³-hybridized carbons (Fsp3) is 0.929. The number of amides is 1. The molecule has 1 aliphatic carbocycles. The molecule has 0 heterocycles. The van der Waals surface area contributed by atoms with Crippen LogP contribution in [0.5, 0.6) is 0 Å². The summed E-state index contributed by atoms with van der Waals surface area (Å²) in [5.74, 6) is 1.65. The van der Waals surface area contributed by atoms with Crippen molar-refractivity contribution in [1.82, 2.24) is 5.32 Å². The lowest BCUT2D eigenvalue weighted by molar-refractivity contribution is -0.124. The minimum atomic E-state index is -0.354. The van der Waals surface area contributed by atoms with Crippen molar-refractivity contribution in [2.45, 2.75) is 65.5 Å². The van der Waals surface area contributed by atoms with Crippen molar-refractivity contribution >= 4 is 5.91 Å². The Hall–Kier alpha value is -0.570. The molecule has 0 aliphatic heterocycles. The van der Waals surface area contributed by atoms with Crippen LogP contribution in [0, 0.1) is 17.8 Å². The van der Waals surface area contributed by atoms with E-state index in [0.717, 1.165) is 18.8 Å². The Bertz CT molecular complexity index is 255. The van der Waals surface area contributed by atoms with Crippen LogP contribution in [0.25, 0.3) is 0 Å². The van der Waals surface area contributed by atoms with Crippen LogP contribution >= 0.6 is 0 Å². The number of rotatable bonds is 5. The molecular formula is C14H28N2O. The van der Waals surface area contributed by atoms with E-state index >= 15 is 0 Å². The van der Waals surface area contributed by atoms with E-state index in [0.29, 0.717) is 12.0 Å². The van der Waals surface area contributed by atoms with Gasteiger partial charge in [-0.15, -0.1) is 0 Å². The smallest absolute Gasteiger partial charge is 0.237 e. The van der Waals surface area contributed by atoms with E-state index in [2.05, 4.69) is 26.1 Å². The SMILES string of the molecule is CCC1CCC(NC(=O)[C@@H](N)C(C)CC)C1C. The molecule has 1 rings (SSSR count). The van der Waals surface area contributed by atoms with Crippen molar-refractivity contribution in [2.24, 2.45) is 23.5 Å². The monoisotopic (exact) mass is 240 g/mol.